The van der Waals surface area contributed by atoms with Crippen molar-refractivity contribution in [2.75, 3.05) is 5.73 Å². The van der Waals surface area contributed by atoms with E-state index in [9.17, 15) is 16.8 Å². The van der Waals surface area contributed by atoms with Gasteiger partial charge in [0.25, 0.3) is 0 Å². The Balaban J connectivity index is 2.86. The van der Waals surface area contributed by atoms with Crippen LogP contribution in [0, 0.1) is 6.92 Å². The summed E-state index contributed by atoms with van der Waals surface area (Å²) in [5.74, 6) is 0. The highest BCUT2D eigenvalue weighted by Crippen LogP contribution is 2.35. The summed E-state index contributed by atoms with van der Waals surface area (Å²) >= 11 is 11.8. The minimum Gasteiger partial charge on any atom is -0.397 e. The lowest BCUT2D eigenvalue weighted by molar-refractivity contribution is 0.583. The van der Waals surface area contributed by atoms with Crippen molar-refractivity contribution in [2.45, 2.75) is 21.6 Å². The van der Waals surface area contributed by atoms with Gasteiger partial charge < -0.3 is 5.73 Å². The van der Waals surface area contributed by atoms with Gasteiger partial charge in [0.2, 0.25) is 19.9 Å². The van der Waals surface area contributed by atoms with Gasteiger partial charge >= 0.3 is 0 Å². The fourth-order valence-electron chi connectivity index (χ4n) is 1.93. The highest BCUT2D eigenvalue weighted by molar-refractivity contribution is 7.93. The topological polar surface area (TPSA) is 120 Å². The van der Waals surface area contributed by atoms with Crippen molar-refractivity contribution in [3.63, 3.8) is 0 Å². The highest BCUT2D eigenvalue weighted by atomic mass is 35.5. The molecule has 0 fully saturated rings. The molecule has 0 aliphatic carbocycles. The largest absolute Gasteiger partial charge is 0.397 e. The van der Waals surface area contributed by atoms with Crippen LogP contribution in [0.1, 0.15) is 5.56 Å². The van der Waals surface area contributed by atoms with Crippen LogP contribution in [-0.4, -0.2) is 16.8 Å². The first kappa shape index (κ1) is 18.0. The molecule has 0 aliphatic rings. The van der Waals surface area contributed by atoms with Gasteiger partial charge in [-0.2, -0.15) is 0 Å². The van der Waals surface area contributed by atoms with E-state index in [-0.39, 0.29) is 20.6 Å². The van der Waals surface area contributed by atoms with Gasteiger partial charge in [-0.25, -0.2) is 22.0 Å². The molecule has 0 bridgehead atoms. The van der Waals surface area contributed by atoms with Gasteiger partial charge in [-0.05, 0) is 36.8 Å². The molecule has 0 aliphatic heterocycles. The van der Waals surface area contributed by atoms with Crippen LogP contribution >= 0.6 is 23.2 Å². The van der Waals surface area contributed by atoms with E-state index in [2.05, 4.69) is 0 Å². The van der Waals surface area contributed by atoms with E-state index < -0.39 is 29.7 Å². The Morgan fingerprint density at radius 3 is 2.04 bits per heavy atom. The zero-order valence-electron chi connectivity index (χ0n) is 11.7. The number of sulfone groups is 1. The number of aryl methyl sites for hydroxylation is 1. The zero-order chi connectivity index (χ0) is 17.6. The Labute approximate surface area is 144 Å². The van der Waals surface area contributed by atoms with Crippen molar-refractivity contribution in [1.29, 1.82) is 0 Å². The van der Waals surface area contributed by atoms with E-state index in [4.69, 9.17) is 34.1 Å². The van der Waals surface area contributed by atoms with E-state index in [0.717, 1.165) is 12.1 Å². The van der Waals surface area contributed by atoms with Gasteiger partial charge in [0, 0.05) is 0 Å². The second-order valence-corrected chi connectivity index (χ2v) is 9.03. The summed E-state index contributed by atoms with van der Waals surface area (Å²) in [7, 11) is -8.53. The Kier molecular flexibility index (Phi) is 4.67. The summed E-state index contributed by atoms with van der Waals surface area (Å²) in [6.45, 7) is 1.61. The fraction of sp³-hybridized carbons (Fsp3) is 0.0769. The van der Waals surface area contributed by atoms with E-state index in [0.29, 0.717) is 5.56 Å². The SMILES string of the molecule is Cc1ccc(S(N)(=O)=O)c(S(=O)(=O)c2cc(Cl)c(N)cc2Cl)c1. The Morgan fingerprint density at radius 1 is 0.870 bits per heavy atom. The van der Waals surface area contributed by atoms with Crippen LogP contribution in [0.2, 0.25) is 10.0 Å². The number of benzene rings is 2. The van der Waals surface area contributed by atoms with Crippen LogP contribution in [0.25, 0.3) is 0 Å². The summed E-state index contributed by atoms with van der Waals surface area (Å²) in [4.78, 5) is -1.34. The van der Waals surface area contributed by atoms with Crippen molar-refractivity contribution in [3.05, 3.63) is 45.9 Å². The smallest absolute Gasteiger partial charge is 0.239 e. The average Bonchev–Trinajstić information content (AvgIpc) is 2.41. The number of rotatable bonds is 3. The van der Waals surface area contributed by atoms with Crippen LogP contribution in [-0.2, 0) is 19.9 Å². The van der Waals surface area contributed by atoms with E-state index >= 15 is 0 Å². The van der Waals surface area contributed by atoms with E-state index in [1.165, 1.54) is 18.2 Å². The minimum atomic E-state index is -4.28. The molecule has 23 heavy (non-hydrogen) atoms. The quantitative estimate of drug-likeness (QED) is 0.773. The molecule has 2 aromatic rings. The van der Waals surface area contributed by atoms with Crippen molar-refractivity contribution in [2.24, 2.45) is 5.14 Å². The van der Waals surface area contributed by atoms with E-state index in [1.807, 2.05) is 0 Å². The summed E-state index contributed by atoms with van der Waals surface area (Å²) < 4.78 is 49.0. The fourth-order valence-corrected chi connectivity index (χ4v) is 5.41. The molecule has 2 aromatic carbocycles. The molecule has 0 aromatic heterocycles. The third-order valence-electron chi connectivity index (χ3n) is 3.04. The molecule has 0 atom stereocenters. The highest BCUT2D eigenvalue weighted by Gasteiger charge is 2.28. The first-order valence-corrected chi connectivity index (χ1v) is 9.86. The monoisotopic (exact) mass is 394 g/mol. The Bertz CT molecular complexity index is 1000. The molecule has 2 rings (SSSR count). The molecule has 0 spiro atoms. The zero-order valence-corrected chi connectivity index (χ0v) is 14.9. The average molecular weight is 395 g/mol. The number of hydrogen-bond donors (Lipinski definition) is 2. The predicted molar refractivity (Wildman–Crippen MR) is 88.9 cm³/mol. The number of halogens is 2. The number of nitrogens with two attached hydrogens (primary N) is 2. The summed E-state index contributed by atoms with van der Waals surface area (Å²) in [6, 6.07) is 6.03. The molecule has 4 N–H and O–H groups in total. The first-order valence-electron chi connectivity index (χ1n) is 6.07. The molecule has 0 unspecified atom stereocenters. The lowest BCUT2D eigenvalue weighted by Gasteiger charge is -2.12. The molecular formula is C13H12Cl2N2O4S2. The number of sulfonamides is 1. The summed E-state index contributed by atoms with van der Waals surface area (Å²) in [6.07, 6.45) is 0. The molecule has 0 radical (unpaired) electrons. The summed E-state index contributed by atoms with van der Waals surface area (Å²) in [5.41, 5.74) is 6.21. The van der Waals surface area contributed by atoms with Gasteiger partial charge in [-0.3, -0.25) is 0 Å². The maximum atomic E-state index is 12.8. The number of nitrogen functional groups attached to an aromatic ring is 1. The van der Waals surface area contributed by atoms with Crippen LogP contribution in [0.4, 0.5) is 5.69 Å². The molecule has 124 valence electrons. The maximum absolute atomic E-state index is 12.8. The number of anilines is 1. The molecule has 0 heterocycles. The molecule has 0 saturated heterocycles. The third kappa shape index (κ3) is 3.46. The van der Waals surface area contributed by atoms with Gasteiger partial charge in [0.15, 0.2) is 0 Å². The lowest BCUT2D eigenvalue weighted by atomic mass is 10.2. The normalized spacial score (nSPS) is 12.3. The molecule has 10 heteroatoms. The van der Waals surface area contributed by atoms with Gasteiger partial charge in [0.05, 0.1) is 25.5 Å². The minimum absolute atomic E-state index is 0.0159. The van der Waals surface area contributed by atoms with Crippen molar-refractivity contribution >= 4 is 48.7 Å². The number of primary sulfonamides is 1. The van der Waals surface area contributed by atoms with E-state index in [1.54, 1.807) is 6.92 Å². The van der Waals surface area contributed by atoms with Crippen molar-refractivity contribution in [1.82, 2.24) is 0 Å². The first-order chi connectivity index (χ1) is 10.4. The second-order valence-electron chi connectivity index (χ2n) is 4.80. The number of hydrogen-bond acceptors (Lipinski definition) is 5. The summed E-state index contributed by atoms with van der Waals surface area (Å²) in [5, 5.41) is 4.91. The van der Waals surface area contributed by atoms with Gasteiger partial charge in [0.1, 0.15) is 4.90 Å². The standard InChI is InChI=1S/C13H12Cl2N2O4S2/c1-7-2-3-11(23(17,20)21)13(4-7)22(18,19)12-6-8(14)10(16)5-9(12)15/h2-6H,16H2,1H3,(H2,17,20,21). The molecule has 0 saturated carbocycles. The van der Waals surface area contributed by atoms with Gasteiger partial charge in [-0.15, -0.1) is 0 Å². The van der Waals surface area contributed by atoms with Crippen molar-refractivity contribution < 1.29 is 16.8 Å². The molecule has 0 amide bonds. The van der Waals surface area contributed by atoms with Crippen molar-refractivity contribution in [3.8, 4) is 0 Å². The Hall–Kier alpha value is -1.32. The predicted octanol–water partition coefficient (Wildman–Crippen LogP) is 2.36. The van der Waals surface area contributed by atoms with Crippen LogP contribution in [0.15, 0.2) is 45.0 Å². The second kappa shape index (κ2) is 5.95. The van der Waals surface area contributed by atoms with Crippen LogP contribution in [0.5, 0.6) is 0 Å². The van der Waals surface area contributed by atoms with Crippen LogP contribution < -0.4 is 10.9 Å². The molecular weight excluding hydrogens is 383 g/mol. The van der Waals surface area contributed by atoms with Gasteiger partial charge in [-0.1, -0.05) is 29.3 Å². The molecule has 6 nitrogen and oxygen atoms in total. The Morgan fingerprint density at radius 2 is 1.48 bits per heavy atom. The van der Waals surface area contributed by atoms with Crippen LogP contribution in [0.3, 0.4) is 0 Å². The lowest BCUT2D eigenvalue weighted by Crippen LogP contribution is -2.17. The maximum Gasteiger partial charge on any atom is 0.239 e. The third-order valence-corrected chi connectivity index (χ3v) is 6.72.